The van der Waals surface area contributed by atoms with Crippen LogP contribution >= 0.6 is 28.6 Å². The van der Waals surface area contributed by atoms with Crippen LogP contribution in [0.15, 0.2) is 28.7 Å². The van der Waals surface area contributed by atoms with Crippen LogP contribution in [-0.2, 0) is 11.3 Å². The number of carbonyl (C=O) groups is 1. The molecule has 76 valence electrons. The molecule has 0 aliphatic carbocycles. The van der Waals surface area contributed by atoms with Gasteiger partial charge in [-0.3, -0.25) is 4.79 Å². The van der Waals surface area contributed by atoms with Crippen molar-refractivity contribution >= 4 is 34.5 Å². The van der Waals surface area contributed by atoms with Crippen molar-refractivity contribution in [3.8, 4) is 0 Å². The van der Waals surface area contributed by atoms with E-state index in [0.29, 0.717) is 6.54 Å². The first-order valence-corrected chi connectivity index (χ1v) is 5.65. The van der Waals surface area contributed by atoms with E-state index in [-0.39, 0.29) is 11.7 Å². The number of benzene rings is 1. The zero-order chi connectivity index (χ0) is 10.6. The highest BCUT2D eigenvalue weighted by atomic mass is 79.9. The first kappa shape index (κ1) is 11.6. The third-order valence-electron chi connectivity index (χ3n) is 1.89. The summed E-state index contributed by atoms with van der Waals surface area (Å²) in [5, 5.41) is 0. The molecule has 14 heavy (non-hydrogen) atoms. The second kappa shape index (κ2) is 5.41. The molecule has 0 bridgehead atoms. The first-order chi connectivity index (χ1) is 6.63. The Kier molecular flexibility index (Phi) is 4.48. The summed E-state index contributed by atoms with van der Waals surface area (Å²) in [7, 11) is 1.78. The lowest BCUT2D eigenvalue weighted by molar-refractivity contribution is -0.127. The second-order valence-corrected chi connectivity index (χ2v) is 4.27. The molecule has 1 aromatic carbocycles. The van der Waals surface area contributed by atoms with Gasteiger partial charge in [0, 0.05) is 18.1 Å². The fraction of sp³-hybridized carbons (Fsp3) is 0.300. The van der Waals surface area contributed by atoms with Gasteiger partial charge in [-0.05, 0) is 17.7 Å². The number of hydrogen-bond donors (Lipinski definition) is 1. The number of nitrogens with zero attached hydrogens (tertiary/aromatic N) is 1. The summed E-state index contributed by atoms with van der Waals surface area (Å²) in [5.74, 6) is 0.295. The van der Waals surface area contributed by atoms with Gasteiger partial charge < -0.3 is 4.90 Å². The lowest BCUT2D eigenvalue weighted by Gasteiger charge is -2.15. The van der Waals surface area contributed by atoms with E-state index in [1.54, 1.807) is 11.9 Å². The van der Waals surface area contributed by atoms with Gasteiger partial charge in [0.15, 0.2) is 0 Å². The minimum absolute atomic E-state index is 0.0382. The number of thiol groups is 1. The third-order valence-corrected chi connectivity index (χ3v) is 2.69. The van der Waals surface area contributed by atoms with Crippen LogP contribution in [0.4, 0.5) is 0 Å². The first-order valence-electron chi connectivity index (χ1n) is 4.22. The van der Waals surface area contributed by atoms with E-state index in [1.165, 1.54) is 0 Å². The van der Waals surface area contributed by atoms with Crippen LogP contribution in [0.5, 0.6) is 0 Å². The summed E-state index contributed by atoms with van der Waals surface area (Å²) in [6, 6.07) is 7.92. The summed E-state index contributed by atoms with van der Waals surface area (Å²) in [4.78, 5) is 12.9. The van der Waals surface area contributed by atoms with Gasteiger partial charge in [0.1, 0.15) is 0 Å². The maximum Gasteiger partial charge on any atom is 0.232 e. The van der Waals surface area contributed by atoms with E-state index >= 15 is 0 Å². The molecule has 0 aliphatic heterocycles. The number of carbonyl (C=O) groups excluding carboxylic acids is 1. The van der Waals surface area contributed by atoms with Crippen LogP contribution in [0, 0.1) is 0 Å². The minimum atomic E-state index is 0.0382. The molecule has 0 atom stereocenters. The van der Waals surface area contributed by atoms with E-state index in [2.05, 4.69) is 28.6 Å². The van der Waals surface area contributed by atoms with Crippen molar-refractivity contribution in [3.63, 3.8) is 0 Å². The largest absolute Gasteiger partial charge is 0.341 e. The maximum absolute atomic E-state index is 11.2. The van der Waals surface area contributed by atoms with Crippen LogP contribution in [0.2, 0.25) is 0 Å². The van der Waals surface area contributed by atoms with Gasteiger partial charge >= 0.3 is 0 Å². The van der Waals surface area contributed by atoms with Crippen molar-refractivity contribution in [3.05, 3.63) is 34.3 Å². The molecule has 2 nitrogen and oxygen atoms in total. The molecular formula is C10H12BrNOS. The average molecular weight is 274 g/mol. The minimum Gasteiger partial charge on any atom is -0.341 e. The molecule has 0 radical (unpaired) electrons. The molecule has 0 spiro atoms. The van der Waals surface area contributed by atoms with Crippen LogP contribution < -0.4 is 0 Å². The second-order valence-electron chi connectivity index (χ2n) is 3.03. The predicted octanol–water partition coefficient (Wildman–Crippen LogP) is 2.34. The molecular weight excluding hydrogens is 262 g/mol. The number of halogens is 1. The van der Waals surface area contributed by atoms with E-state index in [0.717, 1.165) is 10.0 Å². The molecule has 0 saturated heterocycles. The monoisotopic (exact) mass is 273 g/mol. The molecule has 4 heteroatoms. The van der Waals surface area contributed by atoms with Crippen molar-refractivity contribution in [1.29, 1.82) is 0 Å². The molecule has 0 saturated carbocycles. The Labute approximate surface area is 97.8 Å². The number of rotatable bonds is 3. The molecule has 0 N–H and O–H groups in total. The topological polar surface area (TPSA) is 20.3 Å². The Balaban J connectivity index is 2.60. The lowest BCUT2D eigenvalue weighted by atomic mass is 10.2. The van der Waals surface area contributed by atoms with E-state index in [1.807, 2.05) is 24.3 Å². The summed E-state index contributed by atoms with van der Waals surface area (Å²) in [6.45, 7) is 0.632. The quantitative estimate of drug-likeness (QED) is 0.839. The highest BCUT2D eigenvalue weighted by Crippen LogP contribution is 2.11. The third kappa shape index (κ3) is 3.35. The Bertz CT molecular complexity index is 312. The van der Waals surface area contributed by atoms with Crippen LogP contribution in [0.25, 0.3) is 0 Å². The van der Waals surface area contributed by atoms with Gasteiger partial charge in [0.05, 0.1) is 5.75 Å². The summed E-state index contributed by atoms with van der Waals surface area (Å²) >= 11 is 7.30. The number of amides is 1. The SMILES string of the molecule is CN(Cc1ccc(Br)cc1)C(=O)CS. The fourth-order valence-corrected chi connectivity index (χ4v) is 1.58. The fourth-order valence-electron chi connectivity index (χ4n) is 1.07. The van der Waals surface area contributed by atoms with Crippen molar-refractivity contribution in [1.82, 2.24) is 4.90 Å². The van der Waals surface area contributed by atoms with Gasteiger partial charge in [-0.15, -0.1) is 0 Å². The van der Waals surface area contributed by atoms with Crippen molar-refractivity contribution in [2.24, 2.45) is 0 Å². The van der Waals surface area contributed by atoms with E-state index < -0.39 is 0 Å². The average Bonchev–Trinajstić information content (AvgIpc) is 2.20. The molecule has 0 fully saturated rings. The molecule has 1 amide bonds. The van der Waals surface area contributed by atoms with Gasteiger partial charge in [-0.1, -0.05) is 28.1 Å². The van der Waals surface area contributed by atoms with Crippen LogP contribution in [0.3, 0.4) is 0 Å². The van der Waals surface area contributed by atoms with E-state index in [4.69, 9.17) is 0 Å². The highest BCUT2D eigenvalue weighted by molar-refractivity contribution is 9.10. The number of hydrogen-bond acceptors (Lipinski definition) is 2. The summed E-state index contributed by atoms with van der Waals surface area (Å²) in [5.41, 5.74) is 1.12. The van der Waals surface area contributed by atoms with Crippen molar-refractivity contribution in [2.75, 3.05) is 12.8 Å². The Morgan fingerprint density at radius 3 is 2.50 bits per heavy atom. The Hall–Kier alpha value is -0.480. The zero-order valence-electron chi connectivity index (χ0n) is 7.90. The van der Waals surface area contributed by atoms with Gasteiger partial charge in [0.2, 0.25) is 5.91 Å². The van der Waals surface area contributed by atoms with Gasteiger partial charge in [-0.2, -0.15) is 12.6 Å². The molecule has 0 heterocycles. The van der Waals surface area contributed by atoms with Gasteiger partial charge in [-0.25, -0.2) is 0 Å². The lowest BCUT2D eigenvalue weighted by Crippen LogP contribution is -2.27. The summed E-state index contributed by atoms with van der Waals surface area (Å²) < 4.78 is 1.05. The maximum atomic E-state index is 11.2. The van der Waals surface area contributed by atoms with Crippen LogP contribution in [-0.4, -0.2) is 23.6 Å². The normalized spacial score (nSPS) is 9.93. The Morgan fingerprint density at radius 1 is 1.43 bits per heavy atom. The van der Waals surface area contributed by atoms with Crippen LogP contribution in [0.1, 0.15) is 5.56 Å². The zero-order valence-corrected chi connectivity index (χ0v) is 10.4. The van der Waals surface area contributed by atoms with E-state index in [9.17, 15) is 4.79 Å². The molecule has 0 aromatic heterocycles. The molecule has 1 rings (SSSR count). The highest BCUT2D eigenvalue weighted by Gasteiger charge is 2.06. The van der Waals surface area contributed by atoms with Gasteiger partial charge in [0.25, 0.3) is 0 Å². The smallest absolute Gasteiger partial charge is 0.232 e. The standard InChI is InChI=1S/C10H12BrNOS/c1-12(10(13)7-14)6-8-2-4-9(11)5-3-8/h2-5,14H,6-7H2,1H3. The Morgan fingerprint density at radius 2 is 2.00 bits per heavy atom. The molecule has 0 aliphatic rings. The van der Waals surface area contributed by atoms with Crippen molar-refractivity contribution < 1.29 is 4.79 Å². The van der Waals surface area contributed by atoms with Crippen molar-refractivity contribution in [2.45, 2.75) is 6.54 Å². The molecule has 1 aromatic rings. The summed E-state index contributed by atoms with van der Waals surface area (Å²) in [6.07, 6.45) is 0. The predicted molar refractivity (Wildman–Crippen MR) is 64.5 cm³/mol. The molecule has 0 unspecified atom stereocenters.